The highest BCUT2D eigenvalue weighted by Gasteiger charge is 2.17. The molecule has 0 aliphatic heterocycles. The standard InChI is InChI=1S/C45H30N4/c1-4-14-32(15-5-1)38-23-13-24-40-39-22-10-11-25-41(39)49(42(38)40)37-21-12-20-36(30-37)31-26-28-35(29-27-31)45-47-43(33-16-6-2-7-17-33)46-44(48-45)34-18-8-3-9-19-34/h1-30H. The molecule has 0 unspecified atom stereocenters. The third-order valence-corrected chi connectivity index (χ3v) is 9.06. The van der Waals surface area contributed by atoms with Crippen molar-refractivity contribution in [1.29, 1.82) is 0 Å². The van der Waals surface area contributed by atoms with Gasteiger partial charge in [-0.25, -0.2) is 15.0 Å². The molecule has 0 radical (unpaired) electrons. The van der Waals surface area contributed by atoms with Crippen LogP contribution >= 0.6 is 0 Å². The first kappa shape index (κ1) is 28.6. The molecule has 0 saturated carbocycles. The van der Waals surface area contributed by atoms with Crippen molar-refractivity contribution in [3.05, 3.63) is 182 Å². The van der Waals surface area contributed by atoms with Gasteiger partial charge in [0.25, 0.3) is 0 Å². The zero-order chi connectivity index (χ0) is 32.6. The molecule has 9 aromatic rings. The maximum absolute atomic E-state index is 4.92. The first-order valence-electron chi connectivity index (χ1n) is 16.5. The van der Waals surface area contributed by atoms with Gasteiger partial charge in [-0.15, -0.1) is 0 Å². The van der Waals surface area contributed by atoms with E-state index in [9.17, 15) is 0 Å². The van der Waals surface area contributed by atoms with Gasteiger partial charge >= 0.3 is 0 Å². The van der Waals surface area contributed by atoms with Gasteiger partial charge in [-0.2, -0.15) is 0 Å². The van der Waals surface area contributed by atoms with E-state index in [1.54, 1.807) is 0 Å². The van der Waals surface area contributed by atoms with Crippen molar-refractivity contribution >= 4 is 21.8 Å². The summed E-state index contributed by atoms with van der Waals surface area (Å²) in [5, 5.41) is 2.49. The number of aromatic nitrogens is 4. The van der Waals surface area contributed by atoms with Crippen LogP contribution in [0.4, 0.5) is 0 Å². The van der Waals surface area contributed by atoms with E-state index in [-0.39, 0.29) is 0 Å². The van der Waals surface area contributed by atoms with Crippen molar-refractivity contribution in [3.8, 4) is 62.1 Å². The minimum absolute atomic E-state index is 0.645. The van der Waals surface area contributed by atoms with Crippen LogP contribution in [0.15, 0.2) is 182 Å². The van der Waals surface area contributed by atoms with Gasteiger partial charge in [-0.1, -0.05) is 164 Å². The summed E-state index contributed by atoms with van der Waals surface area (Å²) >= 11 is 0. The molecule has 0 bridgehead atoms. The fraction of sp³-hybridized carbons (Fsp3) is 0. The Morgan fingerprint density at radius 1 is 0.327 bits per heavy atom. The SMILES string of the molecule is c1ccc(-c2nc(-c3ccccc3)nc(-c3ccc(-c4cccc(-n5c6ccccc6c6cccc(-c7ccccc7)c65)c4)cc3)n2)cc1. The van der Waals surface area contributed by atoms with Gasteiger partial charge in [0.15, 0.2) is 17.5 Å². The maximum atomic E-state index is 4.92. The first-order chi connectivity index (χ1) is 24.3. The summed E-state index contributed by atoms with van der Waals surface area (Å²) < 4.78 is 2.41. The summed E-state index contributed by atoms with van der Waals surface area (Å²) in [6.07, 6.45) is 0. The van der Waals surface area contributed by atoms with E-state index in [0.29, 0.717) is 17.5 Å². The lowest BCUT2D eigenvalue weighted by Gasteiger charge is -2.13. The highest BCUT2D eigenvalue weighted by atomic mass is 15.0. The number of nitrogens with zero attached hydrogens (tertiary/aromatic N) is 4. The van der Waals surface area contributed by atoms with Crippen molar-refractivity contribution in [1.82, 2.24) is 19.5 Å². The molecule has 230 valence electrons. The molecule has 0 spiro atoms. The predicted molar refractivity (Wildman–Crippen MR) is 201 cm³/mol. The molecule has 4 nitrogen and oxygen atoms in total. The van der Waals surface area contributed by atoms with Crippen molar-refractivity contribution in [2.24, 2.45) is 0 Å². The van der Waals surface area contributed by atoms with E-state index in [1.165, 1.54) is 32.9 Å². The number of para-hydroxylation sites is 2. The summed E-state index contributed by atoms with van der Waals surface area (Å²) in [5.41, 5.74) is 11.0. The Labute approximate surface area is 284 Å². The van der Waals surface area contributed by atoms with Crippen LogP contribution in [0.2, 0.25) is 0 Å². The molecule has 0 N–H and O–H groups in total. The van der Waals surface area contributed by atoms with Gasteiger partial charge < -0.3 is 4.57 Å². The van der Waals surface area contributed by atoms with E-state index in [1.807, 2.05) is 60.7 Å². The van der Waals surface area contributed by atoms with Crippen LogP contribution in [0.1, 0.15) is 0 Å². The fourth-order valence-corrected chi connectivity index (χ4v) is 6.71. The Kier molecular flexibility index (Phi) is 7.10. The van der Waals surface area contributed by atoms with E-state index in [4.69, 9.17) is 15.0 Å². The van der Waals surface area contributed by atoms with Crippen LogP contribution in [-0.2, 0) is 0 Å². The quantitative estimate of drug-likeness (QED) is 0.184. The van der Waals surface area contributed by atoms with Crippen LogP contribution in [0, 0.1) is 0 Å². The van der Waals surface area contributed by atoms with E-state index in [2.05, 4.69) is 126 Å². The Balaban J connectivity index is 1.14. The van der Waals surface area contributed by atoms with Gasteiger partial charge in [0, 0.05) is 38.7 Å². The number of rotatable bonds is 6. The lowest BCUT2D eigenvalue weighted by Crippen LogP contribution is -2.00. The van der Waals surface area contributed by atoms with E-state index in [0.717, 1.165) is 33.5 Å². The molecule has 0 fully saturated rings. The van der Waals surface area contributed by atoms with Crippen molar-refractivity contribution in [3.63, 3.8) is 0 Å². The van der Waals surface area contributed by atoms with Crippen LogP contribution in [-0.4, -0.2) is 19.5 Å². The smallest absolute Gasteiger partial charge is 0.164 e. The molecule has 0 saturated heterocycles. The van der Waals surface area contributed by atoms with Crippen molar-refractivity contribution in [2.45, 2.75) is 0 Å². The van der Waals surface area contributed by atoms with Gasteiger partial charge in [-0.3, -0.25) is 0 Å². The number of benzene rings is 7. The molecule has 7 aromatic carbocycles. The normalized spacial score (nSPS) is 11.3. The summed E-state index contributed by atoms with van der Waals surface area (Å²) in [6, 6.07) is 63.4. The van der Waals surface area contributed by atoms with Crippen LogP contribution in [0.5, 0.6) is 0 Å². The minimum atomic E-state index is 0.645. The highest BCUT2D eigenvalue weighted by Crippen LogP contribution is 2.39. The van der Waals surface area contributed by atoms with Crippen molar-refractivity contribution in [2.75, 3.05) is 0 Å². The van der Waals surface area contributed by atoms with Gasteiger partial charge in [-0.05, 0) is 34.9 Å². The van der Waals surface area contributed by atoms with Crippen LogP contribution in [0.25, 0.3) is 83.9 Å². The second kappa shape index (κ2) is 12.2. The summed E-state index contributed by atoms with van der Waals surface area (Å²) in [4.78, 5) is 14.7. The lowest BCUT2D eigenvalue weighted by atomic mass is 10.0. The average molecular weight is 627 g/mol. The third kappa shape index (κ3) is 5.26. The Morgan fingerprint density at radius 3 is 1.43 bits per heavy atom. The Bertz CT molecular complexity index is 2520. The molecule has 0 atom stereocenters. The van der Waals surface area contributed by atoms with E-state index >= 15 is 0 Å². The zero-order valence-corrected chi connectivity index (χ0v) is 26.6. The second-order valence-corrected chi connectivity index (χ2v) is 12.1. The zero-order valence-electron chi connectivity index (χ0n) is 26.6. The summed E-state index contributed by atoms with van der Waals surface area (Å²) in [5.74, 6) is 1.95. The summed E-state index contributed by atoms with van der Waals surface area (Å²) in [6.45, 7) is 0. The highest BCUT2D eigenvalue weighted by molar-refractivity contribution is 6.13. The van der Waals surface area contributed by atoms with Crippen LogP contribution < -0.4 is 0 Å². The predicted octanol–water partition coefficient (Wildman–Crippen LogP) is 11.3. The monoisotopic (exact) mass is 626 g/mol. The molecule has 49 heavy (non-hydrogen) atoms. The number of hydrogen-bond acceptors (Lipinski definition) is 3. The third-order valence-electron chi connectivity index (χ3n) is 9.06. The van der Waals surface area contributed by atoms with Gasteiger partial charge in [0.2, 0.25) is 0 Å². The molecule has 0 amide bonds. The molecular formula is C45H30N4. The molecular weight excluding hydrogens is 597 g/mol. The number of hydrogen-bond donors (Lipinski definition) is 0. The fourth-order valence-electron chi connectivity index (χ4n) is 6.71. The Morgan fingerprint density at radius 2 is 0.796 bits per heavy atom. The molecule has 0 aliphatic carbocycles. The maximum Gasteiger partial charge on any atom is 0.164 e. The van der Waals surface area contributed by atoms with Crippen LogP contribution in [0.3, 0.4) is 0 Å². The largest absolute Gasteiger partial charge is 0.309 e. The first-order valence-corrected chi connectivity index (χ1v) is 16.5. The average Bonchev–Trinajstić information content (AvgIpc) is 3.53. The van der Waals surface area contributed by atoms with Crippen molar-refractivity contribution < 1.29 is 0 Å². The molecule has 2 heterocycles. The van der Waals surface area contributed by atoms with Gasteiger partial charge in [0.1, 0.15) is 0 Å². The summed E-state index contributed by atoms with van der Waals surface area (Å²) in [7, 11) is 0. The topological polar surface area (TPSA) is 43.6 Å². The molecule has 2 aromatic heterocycles. The minimum Gasteiger partial charge on any atom is -0.309 e. The molecule has 9 rings (SSSR count). The molecule has 4 heteroatoms. The lowest BCUT2D eigenvalue weighted by molar-refractivity contribution is 1.07. The number of fused-ring (bicyclic) bond motifs is 3. The Hall–Kier alpha value is -6.65. The van der Waals surface area contributed by atoms with E-state index < -0.39 is 0 Å². The second-order valence-electron chi connectivity index (χ2n) is 12.1. The molecule has 0 aliphatic rings. The van der Waals surface area contributed by atoms with Gasteiger partial charge in [0.05, 0.1) is 11.0 Å².